The van der Waals surface area contributed by atoms with E-state index in [4.69, 9.17) is 5.73 Å². The van der Waals surface area contributed by atoms with Gasteiger partial charge >= 0.3 is 0 Å². The minimum absolute atomic E-state index is 0.165. The predicted molar refractivity (Wildman–Crippen MR) is 75.3 cm³/mol. The topological polar surface area (TPSA) is 55.1 Å². The predicted octanol–water partition coefficient (Wildman–Crippen LogP) is 2.58. The molecule has 0 aliphatic rings. The lowest BCUT2D eigenvalue weighted by Crippen LogP contribution is -2.34. The van der Waals surface area contributed by atoms with Gasteiger partial charge in [-0.2, -0.15) is 0 Å². The molecule has 0 saturated carbocycles. The molecule has 0 aliphatic carbocycles. The first-order chi connectivity index (χ1) is 8.41. The van der Waals surface area contributed by atoms with E-state index in [1.807, 2.05) is 0 Å². The maximum absolute atomic E-state index is 10.9. The van der Waals surface area contributed by atoms with Crippen LogP contribution in [0.1, 0.15) is 50.8 Å². The standard InChI is InChI=1S/C15H24N2O/c1-10(2)12-5-7-13(8-6-12)15(11(3)4)17-9-14(16)18/h5-8,10-11,15,17H,9H2,1-4H3,(H2,16,18)/t15-/m1/s1. The molecule has 0 fully saturated rings. The summed E-state index contributed by atoms with van der Waals surface area (Å²) in [4.78, 5) is 10.9. The molecule has 3 N–H and O–H groups in total. The summed E-state index contributed by atoms with van der Waals surface area (Å²) >= 11 is 0. The third-order valence-electron chi connectivity index (χ3n) is 3.13. The van der Waals surface area contributed by atoms with E-state index >= 15 is 0 Å². The Balaban J connectivity index is 2.82. The smallest absolute Gasteiger partial charge is 0.231 e. The fraction of sp³-hybridized carbons (Fsp3) is 0.533. The van der Waals surface area contributed by atoms with E-state index in [0.717, 1.165) is 0 Å². The average molecular weight is 248 g/mol. The molecule has 0 aliphatic heterocycles. The van der Waals surface area contributed by atoms with Gasteiger partial charge < -0.3 is 11.1 Å². The number of nitrogens with two attached hydrogens (primary N) is 1. The van der Waals surface area contributed by atoms with Crippen molar-refractivity contribution in [3.05, 3.63) is 35.4 Å². The van der Waals surface area contributed by atoms with Crippen molar-refractivity contribution >= 4 is 5.91 Å². The maximum Gasteiger partial charge on any atom is 0.231 e. The lowest BCUT2D eigenvalue weighted by atomic mass is 9.93. The zero-order valence-corrected chi connectivity index (χ0v) is 11.7. The first-order valence-corrected chi connectivity index (χ1v) is 6.53. The highest BCUT2D eigenvalue weighted by Gasteiger charge is 2.15. The number of nitrogens with one attached hydrogen (secondary N) is 1. The quantitative estimate of drug-likeness (QED) is 0.813. The highest BCUT2D eigenvalue weighted by molar-refractivity contribution is 5.75. The lowest BCUT2D eigenvalue weighted by Gasteiger charge is -2.22. The van der Waals surface area contributed by atoms with Crippen molar-refractivity contribution in [2.24, 2.45) is 11.7 Å². The number of hydrogen-bond acceptors (Lipinski definition) is 2. The van der Waals surface area contributed by atoms with E-state index in [0.29, 0.717) is 11.8 Å². The van der Waals surface area contributed by atoms with Crippen LogP contribution in [0.15, 0.2) is 24.3 Å². The molecular weight excluding hydrogens is 224 g/mol. The fourth-order valence-corrected chi connectivity index (χ4v) is 2.04. The second-order valence-corrected chi connectivity index (χ2v) is 5.39. The molecule has 1 atom stereocenters. The normalized spacial score (nSPS) is 13.0. The van der Waals surface area contributed by atoms with Gasteiger partial charge in [0.05, 0.1) is 6.54 Å². The Kier molecular flexibility index (Phi) is 5.35. The van der Waals surface area contributed by atoms with E-state index in [1.165, 1.54) is 11.1 Å². The van der Waals surface area contributed by atoms with Gasteiger partial charge in [0, 0.05) is 6.04 Å². The molecule has 0 bridgehead atoms. The molecule has 0 spiro atoms. The molecule has 1 rings (SSSR count). The molecule has 0 radical (unpaired) electrons. The maximum atomic E-state index is 10.9. The SMILES string of the molecule is CC(C)c1ccc([C@H](NCC(N)=O)C(C)C)cc1. The third kappa shape index (κ3) is 4.15. The number of carbonyl (C=O) groups is 1. The summed E-state index contributed by atoms with van der Waals surface area (Å²) in [5.74, 6) is 0.629. The van der Waals surface area contributed by atoms with Gasteiger partial charge in [-0.15, -0.1) is 0 Å². The van der Waals surface area contributed by atoms with Crippen molar-refractivity contribution < 1.29 is 4.79 Å². The van der Waals surface area contributed by atoms with Crippen LogP contribution >= 0.6 is 0 Å². The molecule has 100 valence electrons. The van der Waals surface area contributed by atoms with Gasteiger partial charge in [-0.3, -0.25) is 4.79 Å². The number of primary amides is 1. The minimum Gasteiger partial charge on any atom is -0.369 e. The molecule has 1 aromatic rings. The van der Waals surface area contributed by atoms with E-state index in [1.54, 1.807) is 0 Å². The van der Waals surface area contributed by atoms with Gasteiger partial charge in [-0.05, 0) is 23.0 Å². The van der Waals surface area contributed by atoms with Crippen molar-refractivity contribution in [3.63, 3.8) is 0 Å². The van der Waals surface area contributed by atoms with Crippen molar-refractivity contribution in [2.45, 2.75) is 39.7 Å². The molecule has 0 aromatic heterocycles. The Labute approximate surface area is 110 Å². The van der Waals surface area contributed by atoms with Gasteiger partial charge in [0.2, 0.25) is 5.91 Å². The summed E-state index contributed by atoms with van der Waals surface area (Å²) in [6.07, 6.45) is 0. The van der Waals surface area contributed by atoms with Crippen LogP contribution in [0.4, 0.5) is 0 Å². The molecule has 3 heteroatoms. The summed E-state index contributed by atoms with van der Waals surface area (Å²) in [6, 6.07) is 8.74. The summed E-state index contributed by atoms with van der Waals surface area (Å²) in [7, 11) is 0. The molecule has 1 amide bonds. The van der Waals surface area contributed by atoms with Crippen LogP contribution < -0.4 is 11.1 Å². The molecule has 18 heavy (non-hydrogen) atoms. The van der Waals surface area contributed by atoms with Crippen LogP contribution in [0.25, 0.3) is 0 Å². The van der Waals surface area contributed by atoms with E-state index in [9.17, 15) is 4.79 Å². The largest absolute Gasteiger partial charge is 0.369 e. The molecular formula is C15H24N2O. The Hall–Kier alpha value is -1.35. The number of hydrogen-bond donors (Lipinski definition) is 2. The van der Waals surface area contributed by atoms with Crippen LogP contribution in [0.5, 0.6) is 0 Å². The Bertz CT molecular complexity index is 382. The number of benzene rings is 1. The van der Waals surface area contributed by atoms with Crippen LogP contribution in [0.2, 0.25) is 0 Å². The Morgan fingerprint density at radius 1 is 1.11 bits per heavy atom. The Morgan fingerprint density at radius 2 is 1.61 bits per heavy atom. The first kappa shape index (κ1) is 14.7. The first-order valence-electron chi connectivity index (χ1n) is 6.53. The molecule has 1 aromatic carbocycles. The van der Waals surface area contributed by atoms with Crippen LogP contribution in [-0.2, 0) is 4.79 Å². The second-order valence-electron chi connectivity index (χ2n) is 5.39. The van der Waals surface area contributed by atoms with E-state index in [-0.39, 0.29) is 18.5 Å². The van der Waals surface area contributed by atoms with Crippen molar-refractivity contribution in [1.82, 2.24) is 5.32 Å². The molecule has 0 heterocycles. The molecule has 3 nitrogen and oxygen atoms in total. The van der Waals surface area contributed by atoms with Gasteiger partial charge in [-0.25, -0.2) is 0 Å². The zero-order valence-electron chi connectivity index (χ0n) is 11.7. The van der Waals surface area contributed by atoms with Crippen molar-refractivity contribution in [2.75, 3.05) is 6.54 Å². The monoisotopic (exact) mass is 248 g/mol. The van der Waals surface area contributed by atoms with Gasteiger partial charge in [0.1, 0.15) is 0 Å². The average Bonchev–Trinajstić information content (AvgIpc) is 2.29. The highest BCUT2D eigenvalue weighted by Crippen LogP contribution is 2.23. The zero-order chi connectivity index (χ0) is 13.7. The minimum atomic E-state index is -0.320. The van der Waals surface area contributed by atoms with Crippen LogP contribution in [0, 0.1) is 5.92 Å². The Morgan fingerprint density at radius 3 is 2.00 bits per heavy atom. The highest BCUT2D eigenvalue weighted by atomic mass is 16.1. The summed E-state index contributed by atoms with van der Waals surface area (Å²) in [5, 5.41) is 3.21. The summed E-state index contributed by atoms with van der Waals surface area (Å²) < 4.78 is 0. The molecule has 0 saturated heterocycles. The number of rotatable bonds is 6. The van der Waals surface area contributed by atoms with E-state index in [2.05, 4.69) is 57.3 Å². The van der Waals surface area contributed by atoms with Crippen molar-refractivity contribution in [1.29, 1.82) is 0 Å². The van der Waals surface area contributed by atoms with Gasteiger partial charge in [0.15, 0.2) is 0 Å². The number of carbonyl (C=O) groups excluding carboxylic acids is 1. The van der Waals surface area contributed by atoms with Crippen LogP contribution in [0.3, 0.4) is 0 Å². The second kappa shape index (κ2) is 6.55. The summed E-state index contributed by atoms with van der Waals surface area (Å²) in [5.41, 5.74) is 7.72. The van der Waals surface area contributed by atoms with Crippen molar-refractivity contribution in [3.8, 4) is 0 Å². The fourth-order valence-electron chi connectivity index (χ4n) is 2.04. The van der Waals surface area contributed by atoms with Gasteiger partial charge in [0.25, 0.3) is 0 Å². The van der Waals surface area contributed by atoms with E-state index < -0.39 is 0 Å². The number of amides is 1. The van der Waals surface area contributed by atoms with Gasteiger partial charge in [-0.1, -0.05) is 52.0 Å². The van der Waals surface area contributed by atoms with Crippen LogP contribution in [-0.4, -0.2) is 12.5 Å². The third-order valence-corrected chi connectivity index (χ3v) is 3.13. The molecule has 0 unspecified atom stereocenters. The summed E-state index contributed by atoms with van der Waals surface area (Å²) in [6.45, 7) is 8.85. The lowest BCUT2D eigenvalue weighted by molar-refractivity contribution is -0.117.